The topological polar surface area (TPSA) is 45.1 Å². The van der Waals surface area contributed by atoms with E-state index in [2.05, 4.69) is 201 Å². The van der Waals surface area contributed by atoms with E-state index in [9.17, 15) is 4.79 Å². The molecule has 6 rings (SSSR count). The van der Waals surface area contributed by atoms with Gasteiger partial charge in [0.15, 0.2) is 0 Å². The van der Waals surface area contributed by atoms with E-state index < -0.39 is 0 Å². The third-order valence-corrected chi connectivity index (χ3v) is 7.03. The van der Waals surface area contributed by atoms with Gasteiger partial charge < -0.3 is 14.5 Å². The Morgan fingerprint density at radius 2 is 0.792 bits per heavy atom. The normalized spacial score (nSPS) is 9.48. The number of carbonyl (C=O) groups excluding carboxylic acids is 1. The Balaban J connectivity index is 0.000000209. The quantitative estimate of drug-likeness (QED) is 0.102. The number of nitrogens with zero attached hydrogens (tertiary/aromatic N) is 3. The van der Waals surface area contributed by atoms with Gasteiger partial charge in [-0.05, 0) is 91.9 Å². The molecule has 0 unspecified atom stereocenters. The molecule has 0 atom stereocenters. The Bertz CT molecular complexity index is 1600. The van der Waals surface area contributed by atoms with Gasteiger partial charge in [0.2, 0.25) is 0 Å². The van der Waals surface area contributed by atoms with Crippen molar-refractivity contribution in [2.75, 3.05) is 16.4 Å². The van der Waals surface area contributed by atoms with Crippen LogP contribution >= 0.6 is 28.7 Å². The van der Waals surface area contributed by atoms with Crippen LogP contribution in [0.25, 0.3) is 0 Å². The molecule has 0 spiro atoms. The van der Waals surface area contributed by atoms with Gasteiger partial charge in [-0.3, -0.25) is 4.79 Å². The minimum absolute atomic E-state index is 0.211. The first-order valence-electron chi connectivity index (χ1n) is 15.3. The Morgan fingerprint density at radius 3 is 0.979 bits per heavy atom. The van der Waals surface area contributed by atoms with Crippen LogP contribution in [-0.4, -0.2) is 20.2 Å². The molecule has 8 heteroatoms. The van der Waals surface area contributed by atoms with E-state index >= 15 is 0 Å². The predicted molar refractivity (Wildman–Crippen MR) is 209 cm³/mol. The molecule has 0 aliphatic heterocycles. The van der Waals surface area contributed by atoms with E-state index in [0.717, 1.165) is 21.5 Å². The average molecular weight is 716 g/mol. The Labute approximate surface area is 299 Å². The van der Waals surface area contributed by atoms with Crippen LogP contribution in [0.4, 0.5) is 34.1 Å². The van der Waals surface area contributed by atoms with Gasteiger partial charge in [0.1, 0.15) is 0 Å². The van der Waals surface area contributed by atoms with Crippen molar-refractivity contribution in [3.8, 4) is 0 Å². The van der Waals surface area contributed by atoms with Gasteiger partial charge in [0, 0.05) is 45.5 Å². The van der Waals surface area contributed by atoms with Gasteiger partial charge in [-0.2, -0.15) is 0 Å². The SMILES string of the molecule is Brc1ccc(N(c2ccccc2)c2ccccc2)cc1.CCOC(C)=O.[B]=NS.c1ccc(N(c2ccccc2)c2ccccc2)cc1. The average Bonchev–Trinajstić information content (AvgIpc) is 3.13. The molecule has 6 aromatic rings. The second-order valence-corrected chi connectivity index (χ2v) is 11.0. The third kappa shape index (κ3) is 12.7. The number of esters is 1. The number of halogens is 1. The number of carbonyl (C=O) groups is 1. The van der Waals surface area contributed by atoms with Crippen LogP contribution in [-0.2, 0) is 9.53 Å². The zero-order chi connectivity index (χ0) is 34.4. The molecule has 0 fully saturated rings. The molecule has 0 bridgehead atoms. The second-order valence-electron chi connectivity index (χ2n) is 9.87. The molecule has 0 N–H and O–H groups in total. The molecule has 0 saturated heterocycles. The summed E-state index contributed by atoms with van der Waals surface area (Å²) in [6.45, 7) is 3.65. The first kappa shape index (κ1) is 37.5. The van der Waals surface area contributed by atoms with Gasteiger partial charge in [-0.25, -0.2) is 0 Å². The fourth-order valence-electron chi connectivity index (χ4n) is 4.57. The van der Waals surface area contributed by atoms with Gasteiger partial charge in [0.25, 0.3) is 0 Å². The first-order chi connectivity index (χ1) is 23.5. The van der Waals surface area contributed by atoms with Crippen LogP contribution in [0.2, 0.25) is 0 Å². The van der Waals surface area contributed by atoms with Crippen LogP contribution in [0.1, 0.15) is 13.8 Å². The predicted octanol–water partition coefficient (Wildman–Crippen LogP) is 11.8. The molecule has 1 radical (unpaired) electrons. The van der Waals surface area contributed by atoms with Crippen molar-refractivity contribution in [1.29, 1.82) is 0 Å². The van der Waals surface area contributed by atoms with Crippen LogP contribution < -0.4 is 9.80 Å². The van der Waals surface area contributed by atoms with E-state index in [1.165, 1.54) is 24.0 Å². The molecular formula is C40H38BBrN3O2S. The Hall–Kier alpha value is -4.92. The summed E-state index contributed by atoms with van der Waals surface area (Å²) in [6.07, 6.45) is 0. The Kier molecular flexibility index (Phi) is 17.0. The Morgan fingerprint density at radius 1 is 0.562 bits per heavy atom. The first-order valence-corrected chi connectivity index (χ1v) is 16.5. The smallest absolute Gasteiger partial charge is 0.0461 e. The number of hydrogen-bond donors (Lipinski definition) is 1. The van der Waals surface area contributed by atoms with Crippen molar-refractivity contribution >= 4 is 76.5 Å². The van der Waals surface area contributed by atoms with E-state index in [0.29, 0.717) is 6.61 Å². The molecule has 0 aliphatic rings. The summed E-state index contributed by atoms with van der Waals surface area (Å²) in [7, 11) is 4.34. The summed E-state index contributed by atoms with van der Waals surface area (Å²) in [5, 5.41) is 0. The number of anilines is 6. The summed E-state index contributed by atoms with van der Waals surface area (Å²) in [5.74, 6) is -0.211. The fourth-order valence-corrected chi connectivity index (χ4v) is 4.84. The van der Waals surface area contributed by atoms with E-state index in [1.807, 2.05) is 30.3 Å². The van der Waals surface area contributed by atoms with Crippen molar-refractivity contribution in [2.24, 2.45) is 4.30 Å². The summed E-state index contributed by atoms with van der Waals surface area (Å²) < 4.78 is 8.18. The van der Waals surface area contributed by atoms with Gasteiger partial charge in [-0.1, -0.05) is 107 Å². The maximum absolute atomic E-state index is 9.82. The summed E-state index contributed by atoms with van der Waals surface area (Å²) in [6, 6.07) is 60.4. The van der Waals surface area contributed by atoms with Crippen LogP contribution in [0, 0.1) is 0 Å². The van der Waals surface area contributed by atoms with Gasteiger partial charge in [0.05, 0.1) is 6.61 Å². The summed E-state index contributed by atoms with van der Waals surface area (Å²) in [5.41, 5.74) is 6.95. The molecule has 241 valence electrons. The minimum Gasteiger partial charge on any atom is -0.311 e. The molecule has 6 aromatic carbocycles. The third-order valence-electron chi connectivity index (χ3n) is 6.50. The van der Waals surface area contributed by atoms with Crippen molar-refractivity contribution in [3.05, 3.63) is 180 Å². The zero-order valence-corrected chi connectivity index (χ0v) is 29.5. The molecule has 0 saturated carbocycles. The molecular weight excluding hydrogens is 677 g/mol. The van der Waals surface area contributed by atoms with Crippen LogP contribution in [0.15, 0.2) is 185 Å². The van der Waals surface area contributed by atoms with Crippen LogP contribution in [0.5, 0.6) is 0 Å². The number of rotatable bonds is 7. The summed E-state index contributed by atoms with van der Waals surface area (Å²) in [4.78, 5) is 14.3. The molecule has 48 heavy (non-hydrogen) atoms. The molecule has 0 aliphatic carbocycles. The largest absolute Gasteiger partial charge is 0.311 e. The van der Waals surface area contributed by atoms with E-state index in [1.54, 1.807) is 6.92 Å². The van der Waals surface area contributed by atoms with Crippen molar-refractivity contribution in [1.82, 2.24) is 0 Å². The molecule has 5 nitrogen and oxygen atoms in total. The molecule has 0 aromatic heterocycles. The monoisotopic (exact) mass is 714 g/mol. The maximum Gasteiger partial charge on any atom is 0.0461 e. The second kappa shape index (κ2) is 21.8. The molecule has 0 amide bonds. The standard InChI is InChI=1S/C18H14BrN.C18H15N.C4H8O2.BHNS/c19-15-11-13-18(14-12-15)20(16-7-3-1-4-8-16)17-9-5-2-6-10-17;1-4-10-16(11-5-1)19(17-12-6-2-7-13-17)18-14-8-3-9-15-18;1-3-6-4(2)5;1-2-3/h1-14H;1-15H;3H2,1-2H3;3H. The van der Waals surface area contributed by atoms with Crippen molar-refractivity contribution in [3.63, 3.8) is 0 Å². The van der Waals surface area contributed by atoms with Crippen molar-refractivity contribution < 1.29 is 9.53 Å². The number of ether oxygens (including phenoxy) is 1. The van der Waals surface area contributed by atoms with Gasteiger partial charge in [-0.15, -0.1) is 0 Å². The molecule has 0 heterocycles. The number of benzene rings is 6. The maximum atomic E-state index is 9.82. The van der Waals surface area contributed by atoms with Crippen LogP contribution in [0.3, 0.4) is 0 Å². The minimum atomic E-state index is -0.211. The number of hydrogen-bond acceptors (Lipinski definition) is 6. The van der Waals surface area contributed by atoms with E-state index in [-0.39, 0.29) is 5.97 Å². The fraction of sp³-hybridized carbons (Fsp3) is 0.0750. The van der Waals surface area contributed by atoms with E-state index in [4.69, 9.17) is 0 Å². The van der Waals surface area contributed by atoms with Crippen molar-refractivity contribution in [2.45, 2.75) is 13.8 Å². The summed E-state index contributed by atoms with van der Waals surface area (Å²) >= 11 is 6.68. The van der Waals surface area contributed by atoms with Gasteiger partial charge >= 0.3 is 30.7 Å². The number of thiol groups is 1. The number of para-hydroxylation sites is 5. The zero-order valence-electron chi connectivity index (χ0n) is 27.0.